The third-order valence-electron chi connectivity index (χ3n) is 4.18. The first-order valence-corrected chi connectivity index (χ1v) is 10.4. The van der Waals surface area contributed by atoms with E-state index in [4.69, 9.17) is 4.43 Å². The topological polar surface area (TPSA) is 9.23 Å². The molecule has 0 N–H and O–H groups in total. The summed E-state index contributed by atoms with van der Waals surface area (Å²) in [5.74, 6) is 6.79. The maximum atomic E-state index is 6.34. The Morgan fingerprint density at radius 2 is 1.74 bits per heavy atom. The molecule has 0 aliphatic heterocycles. The van der Waals surface area contributed by atoms with Gasteiger partial charge in [0.25, 0.3) is 9.76 Å². The minimum Gasteiger partial charge on any atom is -0.398 e. The van der Waals surface area contributed by atoms with E-state index in [2.05, 4.69) is 86.9 Å². The minimum atomic E-state index is -0.0807. The van der Waals surface area contributed by atoms with Crippen molar-refractivity contribution in [2.24, 2.45) is 5.92 Å². The van der Waals surface area contributed by atoms with Gasteiger partial charge < -0.3 is 4.43 Å². The Kier molecular flexibility index (Phi) is 8.84. The molecule has 2 rings (SSSR count). The van der Waals surface area contributed by atoms with Crippen molar-refractivity contribution < 1.29 is 4.43 Å². The zero-order valence-corrected chi connectivity index (χ0v) is 17.5. The van der Waals surface area contributed by atoms with Crippen LogP contribution in [-0.4, -0.2) is 15.9 Å². The Bertz CT molecular complexity index is 796. The third kappa shape index (κ3) is 7.42. The highest BCUT2D eigenvalue weighted by atomic mass is 28.2. The van der Waals surface area contributed by atoms with Crippen LogP contribution in [0.2, 0.25) is 0 Å². The lowest BCUT2D eigenvalue weighted by Gasteiger charge is -2.20. The lowest BCUT2D eigenvalue weighted by Crippen LogP contribution is -2.23. The Morgan fingerprint density at radius 3 is 2.33 bits per heavy atom. The fraction of sp³-hybridized carbons (Fsp3) is 0.280. The van der Waals surface area contributed by atoms with Crippen molar-refractivity contribution in [2.45, 2.75) is 39.7 Å². The number of rotatable bonds is 8. The fourth-order valence-corrected chi connectivity index (χ4v) is 3.78. The zero-order chi connectivity index (χ0) is 19.5. The van der Waals surface area contributed by atoms with Crippen LogP contribution < -0.4 is 0 Å². The van der Waals surface area contributed by atoms with Crippen LogP contribution in [0.5, 0.6) is 0 Å². The van der Waals surface area contributed by atoms with Gasteiger partial charge in [0.05, 0.1) is 0 Å². The molecule has 0 spiro atoms. The standard InChI is InChI=1S/C25H28OSi/c1-5-12-21(4)24(18-17-20(2)3)26-27-25(23-15-10-7-11-16-23)19-22-13-8-6-9-14-22/h6-11,13-16,19,21,24H,2,5,12H2,1,3-4H3/b25-19-. The lowest BCUT2D eigenvalue weighted by molar-refractivity contribution is 0.202. The summed E-state index contributed by atoms with van der Waals surface area (Å²) in [4.78, 5) is 0. The second kappa shape index (κ2) is 11.4. The first-order valence-electron chi connectivity index (χ1n) is 9.51. The predicted molar refractivity (Wildman–Crippen MR) is 118 cm³/mol. The monoisotopic (exact) mass is 372 g/mol. The van der Waals surface area contributed by atoms with Crippen molar-refractivity contribution in [1.29, 1.82) is 0 Å². The molecular formula is C25H28OSi. The van der Waals surface area contributed by atoms with Crippen molar-refractivity contribution >= 4 is 21.0 Å². The van der Waals surface area contributed by atoms with Crippen molar-refractivity contribution in [3.8, 4) is 11.8 Å². The molecule has 27 heavy (non-hydrogen) atoms. The van der Waals surface area contributed by atoms with E-state index in [0.717, 1.165) is 18.4 Å². The van der Waals surface area contributed by atoms with Crippen molar-refractivity contribution in [1.82, 2.24) is 0 Å². The SMILES string of the molecule is C=C(C)C#CC(O[Si]/C(=C\c1ccccc1)c1ccccc1)C(C)CCC. The summed E-state index contributed by atoms with van der Waals surface area (Å²) in [6.45, 7) is 10.2. The highest BCUT2D eigenvalue weighted by Gasteiger charge is 2.17. The van der Waals surface area contributed by atoms with Crippen LogP contribution in [0.3, 0.4) is 0 Å². The number of hydrogen-bond donors (Lipinski definition) is 0. The van der Waals surface area contributed by atoms with Crippen molar-refractivity contribution in [3.05, 3.63) is 83.9 Å². The van der Waals surface area contributed by atoms with E-state index in [1.165, 1.54) is 16.3 Å². The fourth-order valence-electron chi connectivity index (χ4n) is 2.72. The van der Waals surface area contributed by atoms with E-state index in [9.17, 15) is 0 Å². The molecule has 2 atom stereocenters. The summed E-state index contributed by atoms with van der Waals surface area (Å²) >= 11 is 0. The van der Waals surface area contributed by atoms with Gasteiger partial charge in [-0.15, -0.1) is 0 Å². The molecule has 2 aromatic carbocycles. The van der Waals surface area contributed by atoms with Crippen LogP contribution in [0.25, 0.3) is 11.3 Å². The second-order valence-electron chi connectivity index (χ2n) is 6.79. The van der Waals surface area contributed by atoms with Gasteiger partial charge in [-0.25, -0.2) is 0 Å². The van der Waals surface area contributed by atoms with Gasteiger partial charge in [-0.3, -0.25) is 0 Å². The van der Waals surface area contributed by atoms with Crippen LogP contribution >= 0.6 is 0 Å². The van der Waals surface area contributed by atoms with Gasteiger partial charge in [-0.2, -0.15) is 0 Å². The van der Waals surface area contributed by atoms with Gasteiger partial charge in [0.2, 0.25) is 0 Å². The normalized spacial score (nSPS) is 13.4. The van der Waals surface area contributed by atoms with E-state index in [-0.39, 0.29) is 15.9 Å². The van der Waals surface area contributed by atoms with Gasteiger partial charge >= 0.3 is 0 Å². The smallest absolute Gasteiger partial charge is 0.271 e. The summed E-state index contributed by atoms with van der Waals surface area (Å²) in [6.07, 6.45) is 4.36. The molecule has 0 aliphatic rings. The van der Waals surface area contributed by atoms with Crippen molar-refractivity contribution in [2.75, 3.05) is 0 Å². The van der Waals surface area contributed by atoms with E-state index in [1.807, 2.05) is 19.1 Å². The molecule has 2 aromatic rings. The first kappa shape index (κ1) is 21.0. The van der Waals surface area contributed by atoms with E-state index < -0.39 is 0 Å². The van der Waals surface area contributed by atoms with Gasteiger partial charge in [0.15, 0.2) is 0 Å². The molecule has 0 bridgehead atoms. The molecular weight excluding hydrogens is 344 g/mol. The molecule has 2 radical (unpaired) electrons. The van der Waals surface area contributed by atoms with Crippen LogP contribution in [-0.2, 0) is 4.43 Å². The Hall–Kier alpha value is -2.34. The second-order valence-corrected chi connectivity index (χ2v) is 7.77. The number of benzene rings is 2. The summed E-state index contributed by atoms with van der Waals surface area (Å²) in [6, 6.07) is 20.8. The predicted octanol–water partition coefficient (Wildman–Crippen LogP) is 6.20. The highest BCUT2D eigenvalue weighted by molar-refractivity contribution is 6.57. The van der Waals surface area contributed by atoms with Gasteiger partial charge in [0, 0.05) is 0 Å². The number of allylic oxidation sites excluding steroid dienone is 1. The summed E-state index contributed by atoms with van der Waals surface area (Å²) in [7, 11) is 0.236. The molecule has 1 nitrogen and oxygen atoms in total. The molecule has 0 heterocycles. The molecule has 138 valence electrons. The van der Waals surface area contributed by atoms with E-state index >= 15 is 0 Å². The Morgan fingerprint density at radius 1 is 1.11 bits per heavy atom. The average Bonchev–Trinajstić information content (AvgIpc) is 2.68. The van der Waals surface area contributed by atoms with Crippen LogP contribution in [0.1, 0.15) is 44.7 Å². The summed E-state index contributed by atoms with van der Waals surface area (Å²) < 4.78 is 6.34. The van der Waals surface area contributed by atoms with Gasteiger partial charge in [0.1, 0.15) is 6.10 Å². The van der Waals surface area contributed by atoms with Crippen LogP contribution in [0.4, 0.5) is 0 Å². The first-order chi connectivity index (χ1) is 13.1. The van der Waals surface area contributed by atoms with E-state index in [0.29, 0.717) is 5.92 Å². The van der Waals surface area contributed by atoms with Crippen molar-refractivity contribution in [3.63, 3.8) is 0 Å². The lowest BCUT2D eigenvalue weighted by atomic mass is 10.00. The maximum Gasteiger partial charge on any atom is 0.271 e. The minimum absolute atomic E-state index is 0.0807. The maximum absolute atomic E-state index is 6.34. The molecule has 2 heteroatoms. The summed E-state index contributed by atoms with van der Waals surface area (Å²) in [5, 5.41) is 1.19. The molecule has 0 aromatic heterocycles. The van der Waals surface area contributed by atoms with Gasteiger partial charge in [-0.05, 0) is 41.2 Å². The summed E-state index contributed by atoms with van der Waals surface area (Å²) in [5.41, 5.74) is 3.24. The van der Waals surface area contributed by atoms with Crippen LogP contribution in [0, 0.1) is 17.8 Å². The average molecular weight is 373 g/mol. The molecule has 0 saturated carbocycles. The number of hydrogen-bond acceptors (Lipinski definition) is 1. The van der Waals surface area contributed by atoms with E-state index in [1.54, 1.807) is 0 Å². The molecule has 0 fully saturated rings. The highest BCUT2D eigenvalue weighted by Crippen LogP contribution is 2.20. The third-order valence-corrected chi connectivity index (χ3v) is 5.20. The Balaban J connectivity index is 2.24. The molecule has 2 unspecified atom stereocenters. The molecule has 0 aliphatic carbocycles. The molecule has 0 saturated heterocycles. The Labute approximate surface area is 167 Å². The molecule has 0 amide bonds. The zero-order valence-electron chi connectivity index (χ0n) is 16.5. The largest absolute Gasteiger partial charge is 0.398 e. The quantitative estimate of drug-likeness (QED) is 0.304. The van der Waals surface area contributed by atoms with Crippen LogP contribution in [0.15, 0.2) is 72.8 Å². The van der Waals surface area contributed by atoms with Gasteiger partial charge in [-0.1, -0.05) is 105 Å².